The Labute approximate surface area is 124 Å². The predicted octanol–water partition coefficient (Wildman–Crippen LogP) is 1.09. The molecule has 5 heteroatoms. The third-order valence-electron chi connectivity index (χ3n) is 4.04. The summed E-state index contributed by atoms with van der Waals surface area (Å²) < 4.78 is 0. The van der Waals surface area contributed by atoms with E-state index >= 15 is 0 Å². The molecule has 1 atom stereocenters. The van der Waals surface area contributed by atoms with Crippen LogP contribution in [0.4, 0.5) is 0 Å². The van der Waals surface area contributed by atoms with Crippen LogP contribution < -0.4 is 5.32 Å². The fraction of sp³-hybridized carbons (Fsp3) is 0.438. The lowest BCUT2D eigenvalue weighted by atomic mass is 9.89. The second-order valence-corrected chi connectivity index (χ2v) is 5.69. The number of likely N-dealkylation sites (tertiary alicyclic amines) is 1. The maximum Gasteiger partial charge on any atom is 0.227 e. The van der Waals surface area contributed by atoms with Gasteiger partial charge in [-0.2, -0.15) is 5.26 Å². The minimum absolute atomic E-state index is 0.0174. The van der Waals surface area contributed by atoms with Gasteiger partial charge in [-0.05, 0) is 31.0 Å². The smallest absolute Gasteiger partial charge is 0.227 e. The lowest BCUT2D eigenvalue weighted by molar-refractivity contribution is -0.132. The number of carbonyl (C=O) groups is 2. The van der Waals surface area contributed by atoms with Crippen LogP contribution in [0, 0.1) is 16.7 Å². The predicted molar refractivity (Wildman–Crippen MR) is 78.2 cm³/mol. The number of hydrogen-bond acceptors (Lipinski definition) is 3. The topological polar surface area (TPSA) is 73.2 Å². The average molecular weight is 285 g/mol. The summed E-state index contributed by atoms with van der Waals surface area (Å²) in [5.74, 6) is 0.00325. The van der Waals surface area contributed by atoms with Crippen LogP contribution in [0.15, 0.2) is 24.3 Å². The van der Waals surface area contributed by atoms with E-state index in [0.717, 1.165) is 5.56 Å². The molecule has 1 aromatic carbocycles. The zero-order valence-electron chi connectivity index (χ0n) is 12.3. The highest BCUT2D eigenvalue weighted by Gasteiger charge is 2.41. The number of benzene rings is 1. The third kappa shape index (κ3) is 3.22. The Balaban J connectivity index is 1.98. The maximum absolute atomic E-state index is 12.3. The first-order chi connectivity index (χ1) is 9.98. The molecule has 2 amide bonds. The fourth-order valence-electron chi connectivity index (χ4n) is 2.64. The van der Waals surface area contributed by atoms with Crippen molar-refractivity contribution in [2.75, 3.05) is 20.1 Å². The summed E-state index contributed by atoms with van der Waals surface area (Å²) in [6.07, 6.45) is 0.987. The molecule has 1 aromatic rings. The standard InChI is InChI=1S/C16H19N3O2/c1-16(15(21)18-2)7-8-19(11-16)14(20)9-12-3-5-13(10-17)6-4-12/h3-6H,7-9,11H2,1-2H3,(H,18,21). The van der Waals surface area contributed by atoms with Crippen molar-refractivity contribution in [3.63, 3.8) is 0 Å². The van der Waals surface area contributed by atoms with Crippen LogP contribution in [0.5, 0.6) is 0 Å². The molecular weight excluding hydrogens is 266 g/mol. The Morgan fingerprint density at radius 3 is 2.62 bits per heavy atom. The lowest BCUT2D eigenvalue weighted by Gasteiger charge is -2.22. The minimum Gasteiger partial charge on any atom is -0.359 e. The molecule has 1 aliphatic rings. The highest BCUT2D eigenvalue weighted by molar-refractivity contribution is 5.85. The highest BCUT2D eigenvalue weighted by Crippen LogP contribution is 2.30. The van der Waals surface area contributed by atoms with Crippen molar-refractivity contribution in [3.05, 3.63) is 35.4 Å². The number of nitriles is 1. The molecule has 1 N–H and O–H groups in total. The lowest BCUT2D eigenvalue weighted by Crippen LogP contribution is -2.40. The number of nitrogens with zero attached hydrogens (tertiary/aromatic N) is 2. The van der Waals surface area contributed by atoms with E-state index in [4.69, 9.17) is 5.26 Å². The van der Waals surface area contributed by atoms with E-state index < -0.39 is 5.41 Å². The van der Waals surface area contributed by atoms with Gasteiger partial charge in [0.05, 0.1) is 23.5 Å². The summed E-state index contributed by atoms with van der Waals surface area (Å²) in [5.41, 5.74) is 0.974. The molecule has 1 aliphatic heterocycles. The van der Waals surface area contributed by atoms with Crippen molar-refractivity contribution in [1.82, 2.24) is 10.2 Å². The van der Waals surface area contributed by atoms with Crippen molar-refractivity contribution < 1.29 is 9.59 Å². The molecule has 0 radical (unpaired) electrons. The van der Waals surface area contributed by atoms with Crippen molar-refractivity contribution in [2.24, 2.45) is 5.41 Å². The summed E-state index contributed by atoms with van der Waals surface area (Å²) >= 11 is 0. The van der Waals surface area contributed by atoms with Crippen molar-refractivity contribution >= 4 is 11.8 Å². The van der Waals surface area contributed by atoms with Crippen molar-refractivity contribution in [3.8, 4) is 6.07 Å². The summed E-state index contributed by atoms with van der Waals surface area (Å²) in [6, 6.07) is 9.06. The summed E-state index contributed by atoms with van der Waals surface area (Å²) in [7, 11) is 1.62. The number of rotatable bonds is 3. The largest absolute Gasteiger partial charge is 0.359 e. The Bertz CT molecular complexity index is 589. The van der Waals surface area contributed by atoms with E-state index in [9.17, 15) is 9.59 Å². The Hall–Kier alpha value is -2.35. The van der Waals surface area contributed by atoms with Crippen LogP contribution in [0.3, 0.4) is 0 Å². The van der Waals surface area contributed by atoms with E-state index in [0.29, 0.717) is 31.5 Å². The molecule has 21 heavy (non-hydrogen) atoms. The third-order valence-corrected chi connectivity index (χ3v) is 4.04. The summed E-state index contributed by atoms with van der Waals surface area (Å²) in [6.45, 7) is 2.96. The number of carbonyl (C=O) groups excluding carboxylic acids is 2. The van der Waals surface area contributed by atoms with Crippen molar-refractivity contribution in [1.29, 1.82) is 5.26 Å². The van der Waals surface area contributed by atoms with Gasteiger partial charge in [0.25, 0.3) is 0 Å². The molecule has 1 fully saturated rings. The van der Waals surface area contributed by atoms with E-state index in [2.05, 4.69) is 11.4 Å². The van der Waals surface area contributed by atoms with Gasteiger partial charge in [-0.15, -0.1) is 0 Å². The molecule has 1 heterocycles. The Morgan fingerprint density at radius 2 is 2.05 bits per heavy atom. The molecule has 0 aliphatic carbocycles. The zero-order chi connectivity index (χ0) is 15.5. The molecule has 1 saturated heterocycles. The monoisotopic (exact) mass is 285 g/mol. The Morgan fingerprint density at radius 1 is 1.38 bits per heavy atom. The van der Waals surface area contributed by atoms with Gasteiger partial charge in [0.1, 0.15) is 0 Å². The van der Waals surface area contributed by atoms with Crippen LogP contribution in [-0.2, 0) is 16.0 Å². The first kappa shape index (κ1) is 15.0. The fourth-order valence-corrected chi connectivity index (χ4v) is 2.64. The first-order valence-corrected chi connectivity index (χ1v) is 6.97. The van der Waals surface area contributed by atoms with Gasteiger partial charge in [0.2, 0.25) is 11.8 Å². The second kappa shape index (κ2) is 5.96. The molecule has 110 valence electrons. The van der Waals surface area contributed by atoms with Crippen LogP contribution in [-0.4, -0.2) is 36.9 Å². The van der Waals surface area contributed by atoms with E-state index in [-0.39, 0.29) is 11.8 Å². The number of hydrogen-bond donors (Lipinski definition) is 1. The van der Waals surface area contributed by atoms with E-state index in [1.54, 1.807) is 36.2 Å². The minimum atomic E-state index is -0.491. The molecule has 0 aromatic heterocycles. The van der Waals surface area contributed by atoms with Gasteiger partial charge in [-0.3, -0.25) is 9.59 Å². The molecule has 0 bridgehead atoms. The van der Waals surface area contributed by atoms with Gasteiger partial charge in [-0.1, -0.05) is 12.1 Å². The highest BCUT2D eigenvalue weighted by atomic mass is 16.2. The molecule has 5 nitrogen and oxygen atoms in total. The summed E-state index contributed by atoms with van der Waals surface area (Å²) in [4.78, 5) is 25.9. The maximum atomic E-state index is 12.3. The normalized spacial score (nSPS) is 20.9. The Kier molecular flexibility index (Phi) is 4.27. The van der Waals surface area contributed by atoms with Crippen LogP contribution in [0.1, 0.15) is 24.5 Å². The number of nitrogens with one attached hydrogen (secondary N) is 1. The second-order valence-electron chi connectivity index (χ2n) is 5.69. The molecule has 2 rings (SSSR count). The zero-order valence-corrected chi connectivity index (χ0v) is 12.3. The molecular formula is C16H19N3O2. The number of amides is 2. The van der Waals surface area contributed by atoms with Gasteiger partial charge in [0, 0.05) is 20.1 Å². The van der Waals surface area contributed by atoms with Gasteiger partial charge in [-0.25, -0.2) is 0 Å². The van der Waals surface area contributed by atoms with Crippen LogP contribution in [0.2, 0.25) is 0 Å². The summed E-state index contributed by atoms with van der Waals surface area (Å²) in [5, 5.41) is 11.4. The van der Waals surface area contributed by atoms with E-state index in [1.165, 1.54) is 0 Å². The van der Waals surface area contributed by atoms with Crippen molar-refractivity contribution in [2.45, 2.75) is 19.8 Å². The van der Waals surface area contributed by atoms with Crippen LogP contribution in [0.25, 0.3) is 0 Å². The quantitative estimate of drug-likeness (QED) is 0.903. The first-order valence-electron chi connectivity index (χ1n) is 6.97. The average Bonchev–Trinajstić information content (AvgIpc) is 2.91. The van der Waals surface area contributed by atoms with Crippen LogP contribution >= 0.6 is 0 Å². The van der Waals surface area contributed by atoms with Gasteiger partial charge < -0.3 is 10.2 Å². The SMILES string of the molecule is CNC(=O)C1(C)CCN(C(=O)Cc2ccc(C#N)cc2)C1. The molecule has 0 spiro atoms. The molecule has 1 unspecified atom stereocenters. The molecule has 0 saturated carbocycles. The van der Waals surface area contributed by atoms with Gasteiger partial charge >= 0.3 is 0 Å². The van der Waals surface area contributed by atoms with E-state index in [1.807, 2.05) is 6.92 Å². The van der Waals surface area contributed by atoms with Gasteiger partial charge in [0.15, 0.2) is 0 Å².